The van der Waals surface area contributed by atoms with Crippen molar-refractivity contribution in [3.63, 3.8) is 0 Å². The predicted octanol–water partition coefficient (Wildman–Crippen LogP) is 3.94. The maximum absolute atomic E-state index is 13.2. The van der Waals surface area contributed by atoms with Crippen molar-refractivity contribution in [3.05, 3.63) is 59.2 Å². The van der Waals surface area contributed by atoms with E-state index in [1.54, 1.807) is 33.3 Å². The smallest absolute Gasteiger partial charge is 0.430 e. The summed E-state index contributed by atoms with van der Waals surface area (Å²) >= 11 is 1.07. The Labute approximate surface area is 263 Å². The first-order chi connectivity index (χ1) is 21.5. The number of aromatic nitrogens is 3. The highest BCUT2D eigenvalue weighted by Crippen LogP contribution is 2.32. The van der Waals surface area contributed by atoms with Gasteiger partial charge in [-0.15, -0.1) is 11.3 Å². The summed E-state index contributed by atoms with van der Waals surface area (Å²) < 4.78 is 78.6. The number of aliphatic carboxylic acids is 1. The molecular formula is C30H31F6N5O4S. The number of carboxylic acids is 1. The molecule has 0 radical (unpaired) electrons. The monoisotopic (exact) mass is 671 g/mol. The molecule has 3 aromatic heterocycles. The molecule has 1 aliphatic rings. The zero-order valence-electron chi connectivity index (χ0n) is 24.8. The number of rotatable bonds is 8. The summed E-state index contributed by atoms with van der Waals surface area (Å²) in [6.45, 7) is 6.05. The number of amides is 1. The summed E-state index contributed by atoms with van der Waals surface area (Å²) in [6.07, 6.45) is -0.558. The fraction of sp³-hybridized carbons (Fsp3) is 0.400. The Balaban J connectivity index is 0.000000617. The lowest BCUT2D eigenvalue weighted by molar-refractivity contribution is -0.904. The third-order valence-electron chi connectivity index (χ3n) is 7.33. The average molecular weight is 672 g/mol. The van der Waals surface area contributed by atoms with Crippen LogP contribution in [0.3, 0.4) is 0 Å². The molecule has 9 nitrogen and oxygen atoms in total. The zero-order valence-corrected chi connectivity index (χ0v) is 25.6. The normalized spacial score (nSPS) is 14.4. The molecule has 0 bridgehead atoms. The standard InChI is InChI=1S/C28H30F3N5O2S.C2HF3O2/c1-27(2,28(29,30)31)34-26(37)24-14-20(18-39-24)23-16-33-36-17-21(15-32-25(23)36)19-6-8-22(9-7-19)38-13-12-35-10-4-3-5-11-35;3-2(4,5)1(6)7/h6-9,14-18H,3-5,10-13H2,1-2H3,(H,34,37);(H,6,7). The number of carbonyl (C=O) groups excluding carboxylic acids is 2. The minimum Gasteiger partial charge on any atom is -0.542 e. The summed E-state index contributed by atoms with van der Waals surface area (Å²) in [5.41, 5.74) is 1.44. The topological polar surface area (TPSA) is 113 Å². The van der Waals surface area contributed by atoms with Crippen LogP contribution < -0.4 is 20.1 Å². The number of quaternary nitrogens is 1. The highest BCUT2D eigenvalue weighted by atomic mass is 32.1. The van der Waals surface area contributed by atoms with E-state index in [2.05, 4.69) is 15.4 Å². The Morgan fingerprint density at radius 1 is 1.00 bits per heavy atom. The average Bonchev–Trinajstić information content (AvgIpc) is 3.64. The molecule has 248 valence electrons. The fourth-order valence-corrected chi connectivity index (χ4v) is 5.40. The number of carbonyl (C=O) groups is 2. The number of nitrogens with one attached hydrogen (secondary N) is 2. The number of hydrogen-bond acceptors (Lipinski definition) is 7. The second-order valence-electron chi connectivity index (χ2n) is 11.2. The van der Waals surface area contributed by atoms with Gasteiger partial charge in [0.1, 0.15) is 30.4 Å². The van der Waals surface area contributed by atoms with Gasteiger partial charge in [-0.3, -0.25) is 4.79 Å². The van der Waals surface area contributed by atoms with Gasteiger partial charge in [0.25, 0.3) is 5.91 Å². The number of likely N-dealkylation sites (tertiary alicyclic amines) is 1. The lowest BCUT2D eigenvalue weighted by atomic mass is 10.1. The highest BCUT2D eigenvalue weighted by Gasteiger charge is 2.48. The minimum absolute atomic E-state index is 0.179. The first-order valence-corrected chi connectivity index (χ1v) is 15.1. The third-order valence-corrected chi connectivity index (χ3v) is 8.26. The second-order valence-corrected chi connectivity index (χ2v) is 12.1. The van der Waals surface area contributed by atoms with Gasteiger partial charge in [-0.2, -0.15) is 31.4 Å². The molecule has 0 spiro atoms. The van der Waals surface area contributed by atoms with E-state index in [0.717, 1.165) is 48.6 Å². The van der Waals surface area contributed by atoms with E-state index < -0.39 is 29.8 Å². The van der Waals surface area contributed by atoms with Crippen molar-refractivity contribution < 1.29 is 50.7 Å². The molecular weight excluding hydrogens is 640 g/mol. The molecule has 5 rings (SSSR count). The van der Waals surface area contributed by atoms with Gasteiger partial charge in [0, 0.05) is 23.5 Å². The fourth-order valence-electron chi connectivity index (χ4n) is 4.60. The maximum atomic E-state index is 13.2. The zero-order chi connectivity index (χ0) is 33.7. The molecule has 1 fully saturated rings. The summed E-state index contributed by atoms with van der Waals surface area (Å²) in [6, 6.07) is 9.45. The van der Waals surface area contributed by atoms with E-state index in [0.29, 0.717) is 23.4 Å². The number of fused-ring (bicyclic) bond motifs is 1. The summed E-state index contributed by atoms with van der Waals surface area (Å²) in [4.78, 5) is 27.6. The molecule has 2 N–H and O–H groups in total. The van der Waals surface area contributed by atoms with Crippen LogP contribution in [0.2, 0.25) is 0 Å². The predicted molar refractivity (Wildman–Crippen MR) is 155 cm³/mol. The van der Waals surface area contributed by atoms with Crippen molar-refractivity contribution in [2.75, 3.05) is 26.2 Å². The van der Waals surface area contributed by atoms with Gasteiger partial charge in [0.15, 0.2) is 5.65 Å². The van der Waals surface area contributed by atoms with Crippen molar-refractivity contribution >= 4 is 28.9 Å². The van der Waals surface area contributed by atoms with Gasteiger partial charge in [-0.1, -0.05) is 12.1 Å². The highest BCUT2D eigenvalue weighted by molar-refractivity contribution is 7.12. The molecule has 1 saturated heterocycles. The van der Waals surface area contributed by atoms with Crippen molar-refractivity contribution in [1.82, 2.24) is 19.9 Å². The van der Waals surface area contributed by atoms with Crippen molar-refractivity contribution in [1.29, 1.82) is 0 Å². The van der Waals surface area contributed by atoms with Crippen LogP contribution in [0.5, 0.6) is 5.75 Å². The van der Waals surface area contributed by atoms with Crippen LogP contribution in [0.1, 0.15) is 42.8 Å². The van der Waals surface area contributed by atoms with E-state index in [9.17, 15) is 31.1 Å². The van der Waals surface area contributed by atoms with Crippen molar-refractivity contribution in [3.8, 4) is 28.0 Å². The van der Waals surface area contributed by atoms with Crippen LogP contribution in [-0.2, 0) is 4.79 Å². The number of ether oxygens (including phenoxy) is 1. The van der Waals surface area contributed by atoms with E-state index in [4.69, 9.17) is 14.6 Å². The van der Waals surface area contributed by atoms with Crippen LogP contribution in [-0.4, -0.2) is 70.6 Å². The van der Waals surface area contributed by atoms with E-state index in [1.165, 1.54) is 32.4 Å². The lowest BCUT2D eigenvalue weighted by Gasteiger charge is -2.28. The number of carboxylic acid groups (broad SMARTS) is 1. The Morgan fingerprint density at radius 3 is 2.26 bits per heavy atom. The summed E-state index contributed by atoms with van der Waals surface area (Å²) in [7, 11) is 0. The molecule has 4 aromatic rings. The van der Waals surface area contributed by atoms with Gasteiger partial charge >= 0.3 is 12.4 Å². The Bertz CT molecular complexity index is 1640. The summed E-state index contributed by atoms with van der Waals surface area (Å²) in [5, 5.41) is 17.0. The number of alkyl halides is 6. The van der Waals surface area contributed by atoms with E-state index in [-0.39, 0.29) is 4.88 Å². The number of halogens is 6. The number of nitrogens with zero attached hydrogens (tertiary/aromatic N) is 3. The van der Waals surface area contributed by atoms with Gasteiger partial charge in [-0.05, 0) is 67.8 Å². The Kier molecular flexibility index (Phi) is 10.6. The molecule has 46 heavy (non-hydrogen) atoms. The number of thiophene rings is 1. The van der Waals surface area contributed by atoms with Crippen LogP contribution in [0, 0.1) is 0 Å². The number of piperidine rings is 1. The second kappa shape index (κ2) is 14.1. The third kappa shape index (κ3) is 8.75. The van der Waals surface area contributed by atoms with Gasteiger partial charge < -0.3 is 24.9 Å². The Hall–Kier alpha value is -4.18. The minimum atomic E-state index is -5.19. The quantitative estimate of drug-likeness (QED) is 0.275. The molecule has 4 heterocycles. The SMILES string of the molecule is CC(C)(NC(=O)c1cc(-c2cnn3cc(-c4ccc(OCC[NH+]5CCCCC5)cc4)cnc23)cs1)C(F)(F)F.O=C([O-])C(F)(F)F. The van der Waals surface area contributed by atoms with Crippen LogP contribution >= 0.6 is 11.3 Å². The van der Waals surface area contributed by atoms with Gasteiger partial charge in [0.2, 0.25) is 0 Å². The van der Waals surface area contributed by atoms with Crippen molar-refractivity contribution in [2.45, 2.75) is 51.0 Å². The molecule has 0 atom stereocenters. The van der Waals surface area contributed by atoms with Crippen LogP contribution in [0.15, 0.2) is 54.3 Å². The van der Waals surface area contributed by atoms with E-state index in [1.807, 2.05) is 30.5 Å². The molecule has 1 amide bonds. The molecule has 1 aromatic carbocycles. The molecule has 0 saturated carbocycles. The molecule has 0 aliphatic carbocycles. The largest absolute Gasteiger partial charge is 0.542 e. The maximum Gasteiger partial charge on any atom is 0.430 e. The first-order valence-electron chi connectivity index (χ1n) is 14.2. The molecule has 0 unspecified atom stereocenters. The van der Waals surface area contributed by atoms with Crippen LogP contribution in [0.25, 0.3) is 27.9 Å². The number of hydrogen-bond donors (Lipinski definition) is 2. The first kappa shape index (κ1) is 34.7. The van der Waals surface area contributed by atoms with Gasteiger partial charge in [0.05, 0.1) is 24.2 Å². The van der Waals surface area contributed by atoms with Crippen LogP contribution in [0.4, 0.5) is 26.3 Å². The number of benzene rings is 1. The molecule has 16 heteroatoms. The lowest BCUT2D eigenvalue weighted by Crippen LogP contribution is -3.13. The molecule has 1 aliphatic heterocycles. The van der Waals surface area contributed by atoms with Crippen molar-refractivity contribution in [2.24, 2.45) is 0 Å². The van der Waals surface area contributed by atoms with Gasteiger partial charge in [-0.25, -0.2) is 9.50 Å². The Morgan fingerprint density at radius 2 is 1.65 bits per heavy atom. The summed E-state index contributed by atoms with van der Waals surface area (Å²) in [5.74, 6) is -2.95. The van der Waals surface area contributed by atoms with E-state index >= 15 is 0 Å².